The molecule has 4 N–H and O–H groups in total. The van der Waals surface area contributed by atoms with Crippen LogP contribution in [0.3, 0.4) is 0 Å². The zero-order valence-corrected chi connectivity index (χ0v) is 10.9. The lowest BCUT2D eigenvalue weighted by Crippen LogP contribution is -2.49. The quantitative estimate of drug-likeness (QED) is 0.710. The maximum Gasteiger partial charge on any atom is 0.272 e. The number of hydrogen-bond donors (Lipinski definition) is 3. The van der Waals surface area contributed by atoms with Crippen molar-refractivity contribution in [3.05, 3.63) is 35.6 Å². The molecule has 0 spiro atoms. The van der Waals surface area contributed by atoms with Crippen molar-refractivity contribution in [3.8, 4) is 0 Å². The van der Waals surface area contributed by atoms with Gasteiger partial charge in [-0.15, -0.1) is 0 Å². The Bertz CT molecular complexity index is 463. The van der Waals surface area contributed by atoms with Crippen LogP contribution in [0.15, 0.2) is 24.3 Å². The maximum atomic E-state index is 13.3. The van der Waals surface area contributed by atoms with Crippen molar-refractivity contribution in [1.82, 2.24) is 10.9 Å². The molecule has 1 unspecified atom stereocenters. The number of amides is 2. The van der Waals surface area contributed by atoms with Gasteiger partial charge in [0.05, 0.1) is 11.6 Å². The average Bonchev–Trinajstić information content (AvgIpc) is 2.35. The number of hydrazine groups is 1. The summed E-state index contributed by atoms with van der Waals surface area (Å²) in [5, 5.41) is 0. The fourth-order valence-corrected chi connectivity index (χ4v) is 1.54. The van der Waals surface area contributed by atoms with Crippen LogP contribution in [0.25, 0.3) is 0 Å². The second-order valence-electron chi connectivity index (χ2n) is 4.66. The molecular formula is C13H18FN3O2. The molecule has 104 valence electrons. The Balaban J connectivity index is 2.51. The smallest absolute Gasteiger partial charge is 0.272 e. The first-order valence-corrected chi connectivity index (χ1v) is 6.02. The zero-order chi connectivity index (χ0) is 14.4. The highest BCUT2D eigenvalue weighted by atomic mass is 19.1. The summed E-state index contributed by atoms with van der Waals surface area (Å²) in [6.07, 6.45) is 0.501. The Morgan fingerprint density at radius 3 is 2.47 bits per heavy atom. The molecule has 1 aromatic rings. The Hall–Kier alpha value is -1.95. The van der Waals surface area contributed by atoms with Crippen LogP contribution in [-0.2, 0) is 4.79 Å². The topological polar surface area (TPSA) is 84.2 Å². The van der Waals surface area contributed by atoms with E-state index < -0.39 is 23.7 Å². The monoisotopic (exact) mass is 267 g/mol. The van der Waals surface area contributed by atoms with Crippen LogP contribution in [0.5, 0.6) is 0 Å². The molecule has 0 fully saturated rings. The van der Waals surface area contributed by atoms with Crippen molar-refractivity contribution in [2.24, 2.45) is 11.7 Å². The summed E-state index contributed by atoms with van der Waals surface area (Å²) in [5.41, 5.74) is 9.82. The predicted molar refractivity (Wildman–Crippen MR) is 69.4 cm³/mol. The Morgan fingerprint density at radius 2 is 1.89 bits per heavy atom. The summed E-state index contributed by atoms with van der Waals surface area (Å²) in [5.74, 6) is -1.61. The van der Waals surface area contributed by atoms with Crippen LogP contribution in [0.4, 0.5) is 4.39 Å². The van der Waals surface area contributed by atoms with Gasteiger partial charge in [-0.1, -0.05) is 26.0 Å². The third-order valence-electron chi connectivity index (χ3n) is 2.48. The van der Waals surface area contributed by atoms with E-state index in [2.05, 4.69) is 10.9 Å². The van der Waals surface area contributed by atoms with E-state index in [1.165, 1.54) is 24.3 Å². The Kier molecular flexibility index (Phi) is 5.44. The molecule has 5 nitrogen and oxygen atoms in total. The number of hydrogen-bond acceptors (Lipinski definition) is 3. The van der Waals surface area contributed by atoms with Crippen molar-refractivity contribution >= 4 is 11.8 Å². The number of halogens is 1. The Labute approximate surface area is 111 Å². The first-order valence-electron chi connectivity index (χ1n) is 6.02. The lowest BCUT2D eigenvalue weighted by Gasteiger charge is -2.14. The molecule has 1 rings (SSSR count). The fraction of sp³-hybridized carbons (Fsp3) is 0.385. The summed E-state index contributed by atoms with van der Waals surface area (Å²) >= 11 is 0. The minimum atomic E-state index is -0.719. The van der Waals surface area contributed by atoms with Crippen molar-refractivity contribution in [1.29, 1.82) is 0 Å². The van der Waals surface area contributed by atoms with E-state index in [0.29, 0.717) is 6.42 Å². The van der Waals surface area contributed by atoms with Crippen molar-refractivity contribution in [3.63, 3.8) is 0 Å². The number of nitrogens with one attached hydrogen (secondary N) is 2. The minimum Gasteiger partial charge on any atom is -0.320 e. The largest absolute Gasteiger partial charge is 0.320 e. The van der Waals surface area contributed by atoms with Crippen LogP contribution in [-0.4, -0.2) is 17.9 Å². The highest BCUT2D eigenvalue weighted by Crippen LogP contribution is 2.05. The molecule has 0 saturated carbocycles. The molecule has 0 heterocycles. The maximum absolute atomic E-state index is 13.3. The summed E-state index contributed by atoms with van der Waals surface area (Å²) < 4.78 is 13.3. The van der Waals surface area contributed by atoms with E-state index in [4.69, 9.17) is 5.73 Å². The lowest BCUT2D eigenvalue weighted by molar-refractivity contribution is -0.123. The van der Waals surface area contributed by atoms with Crippen LogP contribution in [0, 0.1) is 11.7 Å². The van der Waals surface area contributed by atoms with Gasteiger partial charge in [-0.3, -0.25) is 20.4 Å². The molecule has 0 aliphatic carbocycles. The molecule has 6 heteroatoms. The molecule has 1 atom stereocenters. The van der Waals surface area contributed by atoms with E-state index in [0.717, 1.165) is 0 Å². The van der Waals surface area contributed by atoms with Gasteiger partial charge in [0, 0.05) is 0 Å². The second kappa shape index (κ2) is 6.84. The van der Waals surface area contributed by atoms with Crippen LogP contribution < -0.4 is 16.6 Å². The molecule has 0 aliphatic heterocycles. The summed E-state index contributed by atoms with van der Waals surface area (Å²) in [6, 6.07) is 4.79. The number of nitrogens with two attached hydrogens (primary N) is 1. The normalized spacial score (nSPS) is 12.1. The van der Waals surface area contributed by atoms with Gasteiger partial charge in [0.2, 0.25) is 0 Å². The minimum absolute atomic E-state index is 0.139. The van der Waals surface area contributed by atoms with E-state index >= 15 is 0 Å². The molecule has 2 amide bonds. The second-order valence-corrected chi connectivity index (χ2v) is 4.66. The summed E-state index contributed by atoms with van der Waals surface area (Å²) in [6.45, 7) is 3.87. The first kappa shape index (κ1) is 15.1. The van der Waals surface area contributed by atoms with Gasteiger partial charge < -0.3 is 5.73 Å². The van der Waals surface area contributed by atoms with Crippen LogP contribution in [0.2, 0.25) is 0 Å². The summed E-state index contributed by atoms with van der Waals surface area (Å²) in [4.78, 5) is 23.2. The van der Waals surface area contributed by atoms with Gasteiger partial charge in [0.1, 0.15) is 5.82 Å². The highest BCUT2D eigenvalue weighted by molar-refractivity contribution is 5.96. The molecule has 19 heavy (non-hydrogen) atoms. The highest BCUT2D eigenvalue weighted by Gasteiger charge is 2.16. The van der Waals surface area contributed by atoms with Gasteiger partial charge in [0.15, 0.2) is 0 Å². The van der Waals surface area contributed by atoms with E-state index in [-0.39, 0.29) is 11.5 Å². The van der Waals surface area contributed by atoms with Gasteiger partial charge >= 0.3 is 0 Å². The Morgan fingerprint density at radius 1 is 1.26 bits per heavy atom. The van der Waals surface area contributed by atoms with Gasteiger partial charge in [0.25, 0.3) is 11.8 Å². The molecule has 0 bridgehead atoms. The molecule has 0 saturated heterocycles. The van der Waals surface area contributed by atoms with E-state index in [1.54, 1.807) is 0 Å². The summed E-state index contributed by atoms with van der Waals surface area (Å²) in [7, 11) is 0. The molecule has 0 aliphatic rings. The van der Waals surface area contributed by atoms with E-state index in [9.17, 15) is 14.0 Å². The van der Waals surface area contributed by atoms with E-state index in [1.807, 2.05) is 13.8 Å². The number of carbonyl (C=O) groups is 2. The number of carbonyl (C=O) groups excluding carboxylic acids is 2. The number of rotatable bonds is 4. The van der Waals surface area contributed by atoms with Gasteiger partial charge in [-0.2, -0.15) is 0 Å². The SMILES string of the molecule is CC(C)CC(N)C(=O)NNC(=O)c1ccccc1F. The average molecular weight is 267 g/mol. The third kappa shape index (κ3) is 4.67. The van der Waals surface area contributed by atoms with Crippen molar-refractivity contribution in [2.45, 2.75) is 26.3 Å². The molecule has 0 radical (unpaired) electrons. The van der Waals surface area contributed by atoms with Crippen molar-refractivity contribution in [2.75, 3.05) is 0 Å². The van der Waals surface area contributed by atoms with Crippen LogP contribution in [0.1, 0.15) is 30.6 Å². The van der Waals surface area contributed by atoms with Gasteiger partial charge in [-0.25, -0.2) is 4.39 Å². The van der Waals surface area contributed by atoms with Crippen LogP contribution >= 0.6 is 0 Å². The molecule has 1 aromatic carbocycles. The lowest BCUT2D eigenvalue weighted by atomic mass is 10.0. The van der Waals surface area contributed by atoms with Crippen molar-refractivity contribution < 1.29 is 14.0 Å². The van der Waals surface area contributed by atoms with Gasteiger partial charge in [-0.05, 0) is 24.5 Å². The zero-order valence-electron chi connectivity index (χ0n) is 10.9. The fourth-order valence-electron chi connectivity index (χ4n) is 1.54. The molecular weight excluding hydrogens is 249 g/mol. The standard InChI is InChI=1S/C13H18FN3O2/c1-8(2)7-11(15)13(19)17-16-12(18)9-5-3-4-6-10(9)14/h3-6,8,11H,7,15H2,1-2H3,(H,16,18)(H,17,19). The predicted octanol–water partition coefficient (Wildman–Crippen LogP) is 0.960. The third-order valence-corrected chi connectivity index (χ3v) is 2.48. The first-order chi connectivity index (χ1) is 8.91. The number of benzene rings is 1. The molecule has 0 aromatic heterocycles.